The molecule has 0 aliphatic heterocycles. The highest BCUT2D eigenvalue weighted by Gasteiger charge is 2.39. The zero-order chi connectivity index (χ0) is 20.1. The summed E-state index contributed by atoms with van der Waals surface area (Å²) in [6.45, 7) is 3.36. The third-order valence-corrected chi connectivity index (χ3v) is 6.31. The summed E-state index contributed by atoms with van der Waals surface area (Å²) in [5.74, 6) is 0.0350. The highest BCUT2D eigenvalue weighted by molar-refractivity contribution is 5.74. The van der Waals surface area contributed by atoms with Gasteiger partial charge in [-0.2, -0.15) is 0 Å². The number of rotatable bonds is 9. The fraction of sp³-hybridized carbons (Fsp3) is 0.619. The van der Waals surface area contributed by atoms with Gasteiger partial charge in [0, 0.05) is 24.0 Å². The number of carbonyl (C=O) groups is 2. The molecule has 1 aromatic rings. The van der Waals surface area contributed by atoms with Crippen LogP contribution in [0.4, 0.5) is 4.79 Å². The number of benzene rings is 1. The third-order valence-electron chi connectivity index (χ3n) is 6.31. The average Bonchev–Trinajstić information content (AvgIpc) is 2.62. The van der Waals surface area contributed by atoms with Gasteiger partial charge in [0.25, 0.3) is 0 Å². The van der Waals surface area contributed by atoms with E-state index in [1.165, 1.54) is 12.0 Å². The number of amides is 2. The van der Waals surface area contributed by atoms with Crippen LogP contribution in [0.5, 0.6) is 5.75 Å². The molecule has 0 unspecified atom stereocenters. The SMILES string of the molecule is CCN(CC(=O)O)C1CC(NC(=O)NCC2(c3ccc(OC)cc3)CCC2)C1. The largest absolute Gasteiger partial charge is 0.497 e. The van der Waals surface area contributed by atoms with Gasteiger partial charge in [0.2, 0.25) is 0 Å². The summed E-state index contributed by atoms with van der Waals surface area (Å²) < 4.78 is 5.23. The normalized spacial score (nSPS) is 22.7. The lowest BCUT2D eigenvalue weighted by molar-refractivity contribution is -0.139. The summed E-state index contributed by atoms with van der Waals surface area (Å²) >= 11 is 0. The lowest BCUT2D eigenvalue weighted by Gasteiger charge is -2.44. The molecule has 2 fully saturated rings. The third kappa shape index (κ3) is 4.58. The van der Waals surface area contributed by atoms with Crippen LogP contribution in [0.3, 0.4) is 0 Å². The number of carboxylic acid groups (broad SMARTS) is 1. The Kier molecular flexibility index (Phi) is 6.44. The van der Waals surface area contributed by atoms with Gasteiger partial charge < -0.3 is 20.5 Å². The molecule has 0 saturated heterocycles. The molecule has 154 valence electrons. The molecule has 0 bridgehead atoms. The summed E-state index contributed by atoms with van der Waals surface area (Å²) in [4.78, 5) is 25.2. The first-order chi connectivity index (χ1) is 13.5. The standard InChI is InChI=1S/C21H31N3O4/c1-3-24(13-19(25)26)17-11-16(12-17)23-20(27)22-14-21(9-4-10-21)15-5-7-18(28-2)8-6-15/h5-8,16-17H,3-4,9-14H2,1-2H3,(H,25,26)(H2,22,23,27). The zero-order valence-electron chi connectivity index (χ0n) is 16.7. The second-order valence-corrected chi connectivity index (χ2v) is 7.97. The Morgan fingerprint density at radius 2 is 1.93 bits per heavy atom. The van der Waals surface area contributed by atoms with E-state index < -0.39 is 5.97 Å². The van der Waals surface area contributed by atoms with Crippen molar-refractivity contribution in [1.29, 1.82) is 0 Å². The van der Waals surface area contributed by atoms with Gasteiger partial charge in [-0.1, -0.05) is 25.5 Å². The fourth-order valence-corrected chi connectivity index (χ4v) is 4.28. The Labute approximate surface area is 166 Å². The van der Waals surface area contributed by atoms with Gasteiger partial charge in [0.05, 0.1) is 13.7 Å². The topological polar surface area (TPSA) is 90.9 Å². The predicted octanol–water partition coefficient (Wildman–Crippen LogP) is 2.35. The molecule has 0 radical (unpaired) electrons. The first kappa shape index (κ1) is 20.5. The minimum absolute atomic E-state index is 0.0201. The molecule has 1 aromatic carbocycles. The monoisotopic (exact) mass is 389 g/mol. The molecule has 3 rings (SSSR count). The van der Waals surface area contributed by atoms with E-state index in [2.05, 4.69) is 22.8 Å². The van der Waals surface area contributed by atoms with E-state index in [4.69, 9.17) is 9.84 Å². The molecular formula is C21H31N3O4. The van der Waals surface area contributed by atoms with E-state index in [1.807, 2.05) is 24.0 Å². The first-order valence-electron chi connectivity index (χ1n) is 10.1. The van der Waals surface area contributed by atoms with E-state index in [-0.39, 0.29) is 30.1 Å². The fourth-order valence-electron chi connectivity index (χ4n) is 4.28. The van der Waals surface area contributed by atoms with Crippen molar-refractivity contribution in [1.82, 2.24) is 15.5 Å². The number of carbonyl (C=O) groups excluding carboxylic acids is 1. The van der Waals surface area contributed by atoms with Gasteiger partial charge in [0.1, 0.15) is 5.75 Å². The number of carboxylic acids is 1. The van der Waals surface area contributed by atoms with Crippen molar-refractivity contribution >= 4 is 12.0 Å². The van der Waals surface area contributed by atoms with Crippen LogP contribution in [0.2, 0.25) is 0 Å². The van der Waals surface area contributed by atoms with Crippen LogP contribution in [0.25, 0.3) is 0 Å². The number of methoxy groups -OCH3 is 1. The van der Waals surface area contributed by atoms with Gasteiger partial charge in [-0.15, -0.1) is 0 Å². The zero-order valence-corrected chi connectivity index (χ0v) is 16.7. The smallest absolute Gasteiger partial charge is 0.317 e. The van der Waals surface area contributed by atoms with Gasteiger partial charge in [-0.25, -0.2) is 4.79 Å². The second kappa shape index (κ2) is 8.82. The number of likely N-dealkylation sites (N-methyl/N-ethyl adjacent to an activating group) is 1. The van der Waals surface area contributed by atoms with Crippen LogP contribution in [-0.4, -0.2) is 60.8 Å². The Morgan fingerprint density at radius 3 is 2.43 bits per heavy atom. The first-order valence-corrected chi connectivity index (χ1v) is 10.1. The Bertz CT molecular complexity index is 681. The molecule has 7 heteroatoms. The maximum Gasteiger partial charge on any atom is 0.317 e. The van der Waals surface area contributed by atoms with Crippen molar-refractivity contribution in [3.63, 3.8) is 0 Å². The number of ether oxygens (including phenoxy) is 1. The predicted molar refractivity (Wildman–Crippen MR) is 107 cm³/mol. The van der Waals surface area contributed by atoms with E-state index >= 15 is 0 Å². The molecule has 0 atom stereocenters. The van der Waals surface area contributed by atoms with Crippen LogP contribution in [0.15, 0.2) is 24.3 Å². The van der Waals surface area contributed by atoms with Crippen molar-refractivity contribution in [3.05, 3.63) is 29.8 Å². The van der Waals surface area contributed by atoms with E-state index in [0.29, 0.717) is 13.1 Å². The van der Waals surface area contributed by atoms with Crippen molar-refractivity contribution in [2.45, 2.75) is 56.5 Å². The quantitative estimate of drug-likeness (QED) is 0.603. The Morgan fingerprint density at radius 1 is 1.25 bits per heavy atom. The van der Waals surface area contributed by atoms with Crippen molar-refractivity contribution < 1.29 is 19.4 Å². The van der Waals surface area contributed by atoms with E-state index in [0.717, 1.165) is 31.4 Å². The summed E-state index contributed by atoms with van der Waals surface area (Å²) in [5, 5.41) is 15.0. The molecule has 0 aromatic heterocycles. The summed E-state index contributed by atoms with van der Waals surface area (Å²) in [6, 6.07) is 8.35. The van der Waals surface area contributed by atoms with E-state index in [1.54, 1.807) is 7.11 Å². The number of nitrogens with zero attached hydrogens (tertiary/aromatic N) is 1. The van der Waals surface area contributed by atoms with Crippen LogP contribution in [0.1, 0.15) is 44.6 Å². The number of nitrogens with one attached hydrogen (secondary N) is 2. The molecule has 0 spiro atoms. The molecule has 7 nitrogen and oxygen atoms in total. The number of hydrogen-bond acceptors (Lipinski definition) is 4. The van der Waals surface area contributed by atoms with Crippen LogP contribution >= 0.6 is 0 Å². The molecule has 3 N–H and O–H groups in total. The minimum atomic E-state index is -0.805. The highest BCUT2D eigenvalue weighted by atomic mass is 16.5. The number of hydrogen-bond donors (Lipinski definition) is 3. The lowest BCUT2D eigenvalue weighted by Crippen LogP contribution is -2.57. The summed E-state index contributed by atoms with van der Waals surface area (Å²) in [7, 11) is 1.66. The van der Waals surface area contributed by atoms with E-state index in [9.17, 15) is 9.59 Å². The van der Waals surface area contributed by atoms with Crippen LogP contribution < -0.4 is 15.4 Å². The summed E-state index contributed by atoms with van der Waals surface area (Å²) in [5.41, 5.74) is 1.27. The van der Waals surface area contributed by atoms with Crippen LogP contribution in [0, 0.1) is 0 Å². The highest BCUT2D eigenvalue weighted by Crippen LogP contribution is 2.43. The van der Waals surface area contributed by atoms with Gasteiger partial charge >= 0.3 is 12.0 Å². The Balaban J connectivity index is 1.44. The van der Waals surface area contributed by atoms with Gasteiger partial charge in [-0.05, 0) is 49.9 Å². The number of urea groups is 1. The molecule has 2 saturated carbocycles. The van der Waals surface area contributed by atoms with Gasteiger partial charge in [-0.3, -0.25) is 9.69 Å². The van der Waals surface area contributed by atoms with Crippen LogP contribution in [-0.2, 0) is 10.2 Å². The Hall–Kier alpha value is -2.28. The van der Waals surface area contributed by atoms with Gasteiger partial charge in [0.15, 0.2) is 0 Å². The molecule has 28 heavy (non-hydrogen) atoms. The minimum Gasteiger partial charge on any atom is -0.497 e. The molecule has 2 amide bonds. The maximum atomic E-state index is 12.3. The average molecular weight is 389 g/mol. The molecule has 2 aliphatic carbocycles. The molecular weight excluding hydrogens is 358 g/mol. The second-order valence-electron chi connectivity index (χ2n) is 7.97. The molecule has 2 aliphatic rings. The molecule has 0 heterocycles. The summed E-state index contributed by atoms with van der Waals surface area (Å²) in [6.07, 6.45) is 4.93. The van der Waals surface area contributed by atoms with Crippen molar-refractivity contribution in [3.8, 4) is 5.75 Å². The van der Waals surface area contributed by atoms with Crippen molar-refractivity contribution in [2.24, 2.45) is 0 Å². The lowest BCUT2D eigenvalue weighted by atomic mass is 9.64. The number of aliphatic carboxylic acids is 1. The maximum absolute atomic E-state index is 12.3. The van der Waals surface area contributed by atoms with Crippen molar-refractivity contribution in [2.75, 3.05) is 26.7 Å².